The Kier molecular flexibility index (Phi) is 6.91. The third kappa shape index (κ3) is 6.72. The molecule has 1 aromatic rings. The lowest BCUT2D eigenvalue weighted by molar-refractivity contribution is 0.421. The van der Waals surface area contributed by atoms with Gasteiger partial charge >= 0.3 is 0 Å². The van der Waals surface area contributed by atoms with E-state index in [-0.39, 0.29) is 5.04 Å². The molecule has 0 aliphatic carbocycles. The number of rotatable bonds is 6. The van der Waals surface area contributed by atoms with Crippen LogP contribution >= 0.6 is 22.6 Å². The van der Waals surface area contributed by atoms with Crippen LogP contribution in [0.3, 0.4) is 0 Å². The maximum atomic E-state index is 6.47. The van der Waals surface area contributed by atoms with Crippen LogP contribution in [0.1, 0.15) is 26.3 Å². The van der Waals surface area contributed by atoms with Crippen molar-refractivity contribution in [2.75, 3.05) is 0 Å². The predicted molar refractivity (Wildman–Crippen MR) is 118 cm³/mol. The molecule has 0 spiro atoms. The minimum Gasteiger partial charge on any atom is -0.543 e. The van der Waals surface area contributed by atoms with E-state index in [9.17, 15) is 0 Å². The summed E-state index contributed by atoms with van der Waals surface area (Å²) in [5.74, 6) is 1.35. The Bertz CT molecular complexity index is 629. The van der Waals surface area contributed by atoms with Gasteiger partial charge in [-0.3, -0.25) is 0 Å². The van der Waals surface area contributed by atoms with Crippen molar-refractivity contribution in [1.29, 1.82) is 0 Å². The SMILES string of the molecule is C=C(N=Cc1cc(I)ccc1O[Si](C)(C)C(C)(C)C)O[Si](C)(C)C. The molecular formula is C18H30INO2Si2. The van der Waals surface area contributed by atoms with Gasteiger partial charge in [0, 0.05) is 15.3 Å². The van der Waals surface area contributed by atoms with Gasteiger partial charge in [0.1, 0.15) is 5.75 Å². The van der Waals surface area contributed by atoms with Crippen molar-refractivity contribution < 1.29 is 8.85 Å². The molecule has 3 nitrogen and oxygen atoms in total. The van der Waals surface area contributed by atoms with Crippen molar-refractivity contribution >= 4 is 45.4 Å². The molecule has 1 aromatic carbocycles. The fourth-order valence-corrected chi connectivity index (χ4v) is 3.98. The first-order chi connectivity index (χ1) is 10.7. The number of halogens is 1. The average Bonchev–Trinajstić information content (AvgIpc) is 2.35. The molecule has 0 fully saturated rings. The highest BCUT2D eigenvalue weighted by Gasteiger charge is 2.39. The summed E-state index contributed by atoms with van der Waals surface area (Å²) in [6.07, 6.45) is 1.80. The van der Waals surface area contributed by atoms with Gasteiger partial charge in [-0.25, -0.2) is 4.99 Å². The zero-order chi connectivity index (χ0) is 18.8. The van der Waals surface area contributed by atoms with Crippen LogP contribution in [0, 0.1) is 3.57 Å². The molecule has 6 heteroatoms. The van der Waals surface area contributed by atoms with Crippen LogP contribution in [0.2, 0.25) is 37.8 Å². The summed E-state index contributed by atoms with van der Waals surface area (Å²) in [5.41, 5.74) is 0.965. The van der Waals surface area contributed by atoms with Gasteiger partial charge in [0.05, 0.1) is 0 Å². The van der Waals surface area contributed by atoms with Crippen LogP contribution < -0.4 is 4.43 Å². The summed E-state index contributed by atoms with van der Waals surface area (Å²) >= 11 is 2.30. The van der Waals surface area contributed by atoms with E-state index < -0.39 is 16.6 Å². The van der Waals surface area contributed by atoms with E-state index in [2.05, 4.69) is 99.8 Å². The van der Waals surface area contributed by atoms with Gasteiger partial charge in [-0.15, -0.1) is 0 Å². The van der Waals surface area contributed by atoms with Crippen molar-refractivity contribution in [2.45, 2.75) is 58.5 Å². The lowest BCUT2D eigenvalue weighted by atomic mass is 10.2. The minimum atomic E-state index is -1.90. The number of benzene rings is 1. The lowest BCUT2D eigenvalue weighted by Gasteiger charge is -2.36. The third-order valence-corrected chi connectivity index (χ3v) is 9.78. The molecular weight excluding hydrogens is 445 g/mol. The molecule has 0 atom stereocenters. The molecule has 0 aromatic heterocycles. The summed E-state index contributed by atoms with van der Waals surface area (Å²) in [6, 6.07) is 6.17. The average molecular weight is 476 g/mol. The zero-order valence-corrected chi connectivity index (χ0v) is 20.3. The summed E-state index contributed by atoms with van der Waals surface area (Å²) in [4.78, 5) is 4.40. The Labute approximate surface area is 163 Å². The Morgan fingerprint density at radius 2 is 1.75 bits per heavy atom. The Morgan fingerprint density at radius 1 is 1.17 bits per heavy atom. The quantitative estimate of drug-likeness (QED) is 0.206. The van der Waals surface area contributed by atoms with Crippen molar-refractivity contribution in [3.63, 3.8) is 0 Å². The van der Waals surface area contributed by atoms with Crippen molar-refractivity contribution in [3.8, 4) is 5.75 Å². The van der Waals surface area contributed by atoms with Gasteiger partial charge < -0.3 is 8.85 Å². The molecule has 0 heterocycles. The van der Waals surface area contributed by atoms with E-state index in [1.165, 1.54) is 0 Å². The van der Waals surface area contributed by atoms with Crippen LogP contribution in [0.15, 0.2) is 35.7 Å². The molecule has 24 heavy (non-hydrogen) atoms. The Balaban J connectivity index is 3.08. The Morgan fingerprint density at radius 3 is 2.25 bits per heavy atom. The number of hydrogen-bond acceptors (Lipinski definition) is 3. The number of nitrogens with zero attached hydrogens (tertiary/aromatic N) is 1. The molecule has 0 unspecified atom stereocenters. The van der Waals surface area contributed by atoms with E-state index in [1.807, 2.05) is 6.07 Å². The molecule has 0 aliphatic heterocycles. The number of aliphatic imine (C=N–C) groups is 1. The molecule has 0 aliphatic rings. The van der Waals surface area contributed by atoms with Crippen molar-refractivity contribution in [3.05, 3.63) is 39.8 Å². The van der Waals surface area contributed by atoms with E-state index in [1.54, 1.807) is 6.21 Å². The Hall–Kier alpha value is -0.606. The maximum Gasteiger partial charge on any atom is 0.250 e. The topological polar surface area (TPSA) is 30.8 Å². The van der Waals surface area contributed by atoms with Crippen LogP contribution in [0.25, 0.3) is 0 Å². The zero-order valence-electron chi connectivity index (χ0n) is 16.2. The first-order valence-corrected chi connectivity index (χ1v) is 15.5. The molecule has 1 rings (SSSR count). The van der Waals surface area contributed by atoms with Crippen LogP contribution in [0.4, 0.5) is 0 Å². The van der Waals surface area contributed by atoms with E-state index in [0.717, 1.165) is 14.9 Å². The predicted octanol–water partition coefficient (Wildman–Crippen LogP) is 6.42. The second kappa shape index (κ2) is 7.74. The van der Waals surface area contributed by atoms with Crippen LogP contribution in [-0.2, 0) is 4.43 Å². The first kappa shape index (κ1) is 21.4. The highest BCUT2D eigenvalue weighted by atomic mass is 127. The van der Waals surface area contributed by atoms with Gasteiger partial charge in [0.2, 0.25) is 8.32 Å². The summed E-state index contributed by atoms with van der Waals surface area (Å²) in [5, 5.41) is 0.148. The largest absolute Gasteiger partial charge is 0.543 e. The number of hydrogen-bond donors (Lipinski definition) is 0. The first-order valence-electron chi connectivity index (χ1n) is 8.12. The van der Waals surface area contributed by atoms with E-state index in [4.69, 9.17) is 8.85 Å². The van der Waals surface area contributed by atoms with E-state index >= 15 is 0 Å². The molecule has 0 N–H and O–H groups in total. The van der Waals surface area contributed by atoms with Crippen LogP contribution in [-0.4, -0.2) is 22.8 Å². The van der Waals surface area contributed by atoms with Gasteiger partial charge in [-0.2, -0.15) is 0 Å². The molecule has 0 saturated heterocycles. The lowest BCUT2D eigenvalue weighted by Crippen LogP contribution is -2.44. The molecule has 134 valence electrons. The van der Waals surface area contributed by atoms with Gasteiger partial charge in [-0.05, 0) is 85.1 Å². The normalized spacial score (nSPS) is 13.2. The molecule has 0 bridgehead atoms. The monoisotopic (exact) mass is 475 g/mol. The second-order valence-corrected chi connectivity index (χ2v) is 18.8. The molecule has 0 saturated carbocycles. The fourth-order valence-electron chi connectivity index (χ4n) is 1.66. The summed E-state index contributed by atoms with van der Waals surface area (Å²) in [7, 11) is -3.59. The van der Waals surface area contributed by atoms with E-state index in [0.29, 0.717) is 5.88 Å². The smallest absolute Gasteiger partial charge is 0.250 e. The second-order valence-electron chi connectivity index (χ2n) is 8.41. The molecule has 0 amide bonds. The van der Waals surface area contributed by atoms with Crippen LogP contribution in [0.5, 0.6) is 5.75 Å². The van der Waals surface area contributed by atoms with Crippen molar-refractivity contribution in [2.24, 2.45) is 4.99 Å². The van der Waals surface area contributed by atoms with Gasteiger partial charge in [-0.1, -0.05) is 20.8 Å². The maximum absolute atomic E-state index is 6.47. The minimum absolute atomic E-state index is 0.148. The van der Waals surface area contributed by atoms with Gasteiger partial charge in [0.25, 0.3) is 8.32 Å². The van der Waals surface area contributed by atoms with Crippen molar-refractivity contribution in [1.82, 2.24) is 0 Å². The third-order valence-electron chi connectivity index (χ3n) is 3.91. The highest BCUT2D eigenvalue weighted by Crippen LogP contribution is 2.38. The molecule has 0 radical (unpaired) electrons. The summed E-state index contributed by atoms with van der Waals surface area (Å²) < 4.78 is 13.4. The standard InChI is InChI=1S/C18H30INO2Si2/c1-14(21-23(5,6)7)20-13-15-12-16(19)10-11-17(15)22-24(8,9)18(2,3)4/h10-13H,1H2,2-9H3. The fraction of sp³-hybridized carbons (Fsp3) is 0.500. The van der Waals surface area contributed by atoms with Gasteiger partial charge in [0.15, 0.2) is 5.88 Å². The summed E-state index contributed by atoms with van der Waals surface area (Å²) in [6.45, 7) is 21.5. The highest BCUT2D eigenvalue weighted by molar-refractivity contribution is 14.1.